The molecule has 0 fully saturated rings. The Balaban J connectivity index is 1.22. The standard InChI is InChI=1S/C48H31NO2/c1-3-13-32(14-4-1)37-17-7-8-18-38(37)34-23-28-44(43(29-34)33-15-5-2-6-16-33)49(35-24-26-41-39-19-9-11-21-45(39)50-47(41)30-35)36-25-27-42-40-20-10-12-22-46(40)51-48(42)31-36/h1-31H. The molecular weight excluding hydrogens is 623 g/mol. The van der Waals surface area contributed by atoms with E-state index in [9.17, 15) is 0 Å². The summed E-state index contributed by atoms with van der Waals surface area (Å²) in [7, 11) is 0. The van der Waals surface area contributed by atoms with Crippen LogP contribution >= 0.6 is 0 Å². The number of hydrogen-bond acceptors (Lipinski definition) is 3. The van der Waals surface area contributed by atoms with Crippen molar-refractivity contribution in [1.82, 2.24) is 0 Å². The van der Waals surface area contributed by atoms with Gasteiger partial charge in [-0.3, -0.25) is 0 Å². The Morgan fingerprint density at radius 2 is 0.745 bits per heavy atom. The minimum atomic E-state index is 0.846. The van der Waals surface area contributed by atoms with Gasteiger partial charge < -0.3 is 13.7 Å². The summed E-state index contributed by atoms with van der Waals surface area (Å²) in [5, 5.41) is 4.41. The molecule has 0 atom stereocenters. The molecule has 0 radical (unpaired) electrons. The topological polar surface area (TPSA) is 29.5 Å². The third kappa shape index (κ3) is 4.98. The Bertz CT molecular complexity index is 2750. The van der Waals surface area contributed by atoms with Crippen LogP contribution in [0.2, 0.25) is 0 Å². The molecule has 0 saturated heterocycles. The molecule has 0 saturated carbocycles. The van der Waals surface area contributed by atoms with Gasteiger partial charge in [0.25, 0.3) is 0 Å². The van der Waals surface area contributed by atoms with E-state index < -0.39 is 0 Å². The van der Waals surface area contributed by atoms with Crippen molar-refractivity contribution in [2.45, 2.75) is 0 Å². The molecule has 10 rings (SSSR count). The summed E-state index contributed by atoms with van der Waals surface area (Å²) in [6.07, 6.45) is 0. The number of rotatable bonds is 6. The zero-order valence-electron chi connectivity index (χ0n) is 27.7. The Kier molecular flexibility index (Phi) is 6.81. The van der Waals surface area contributed by atoms with Crippen molar-refractivity contribution >= 4 is 60.9 Å². The van der Waals surface area contributed by atoms with Crippen LogP contribution < -0.4 is 4.90 Å². The van der Waals surface area contributed by atoms with Gasteiger partial charge in [0.1, 0.15) is 22.3 Å². The van der Waals surface area contributed by atoms with Crippen molar-refractivity contribution in [3.63, 3.8) is 0 Å². The molecule has 0 bridgehead atoms. The van der Waals surface area contributed by atoms with E-state index in [1.54, 1.807) is 0 Å². The monoisotopic (exact) mass is 653 g/mol. The Labute approximate surface area is 295 Å². The first-order chi connectivity index (χ1) is 25.3. The molecule has 0 spiro atoms. The molecule has 0 aliphatic rings. The average molecular weight is 654 g/mol. The molecule has 3 nitrogen and oxygen atoms in total. The molecular formula is C48H31NO2. The highest BCUT2D eigenvalue weighted by atomic mass is 16.3. The minimum Gasteiger partial charge on any atom is -0.456 e. The zero-order valence-corrected chi connectivity index (χ0v) is 27.7. The van der Waals surface area contributed by atoms with Gasteiger partial charge in [-0.05, 0) is 76.3 Å². The van der Waals surface area contributed by atoms with Crippen molar-refractivity contribution < 1.29 is 8.83 Å². The van der Waals surface area contributed by atoms with Crippen LogP contribution in [0.25, 0.3) is 77.3 Å². The van der Waals surface area contributed by atoms with E-state index >= 15 is 0 Å². The lowest BCUT2D eigenvalue weighted by Gasteiger charge is -2.28. The molecule has 0 unspecified atom stereocenters. The molecule has 51 heavy (non-hydrogen) atoms. The maximum Gasteiger partial charge on any atom is 0.137 e. The lowest BCUT2D eigenvalue weighted by atomic mass is 9.91. The average Bonchev–Trinajstić information content (AvgIpc) is 3.76. The molecule has 0 N–H and O–H groups in total. The summed E-state index contributed by atoms with van der Waals surface area (Å²) in [6, 6.07) is 66.3. The number of fused-ring (bicyclic) bond motifs is 6. The summed E-state index contributed by atoms with van der Waals surface area (Å²) < 4.78 is 12.9. The Hall–Kier alpha value is -6.84. The normalized spacial score (nSPS) is 11.5. The van der Waals surface area contributed by atoms with Gasteiger partial charge >= 0.3 is 0 Å². The number of benzene rings is 8. The summed E-state index contributed by atoms with van der Waals surface area (Å²) >= 11 is 0. The van der Waals surface area contributed by atoms with Gasteiger partial charge in [0, 0.05) is 50.6 Å². The largest absolute Gasteiger partial charge is 0.456 e. The number of hydrogen-bond donors (Lipinski definition) is 0. The smallest absolute Gasteiger partial charge is 0.137 e. The fraction of sp³-hybridized carbons (Fsp3) is 0. The van der Waals surface area contributed by atoms with Crippen LogP contribution in [0.4, 0.5) is 17.1 Å². The van der Waals surface area contributed by atoms with Gasteiger partial charge in [-0.15, -0.1) is 0 Å². The van der Waals surface area contributed by atoms with Crippen molar-refractivity contribution in [3.05, 3.63) is 188 Å². The third-order valence-electron chi connectivity index (χ3n) is 9.89. The minimum absolute atomic E-state index is 0.846. The van der Waals surface area contributed by atoms with Gasteiger partial charge in [-0.25, -0.2) is 0 Å². The molecule has 10 aromatic rings. The maximum absolute atomic E-state index is 6.43. The van der Waals surface area contributed by atoms with Gasteiger partial charge in [0.15, 0.2) is 0 Å². The molecule has 2 heterocycles. The molecule has 240 valence electrons. The quantitative estimate of drug-likeness (QED) is 0.179. The van der Waals surface area contributed by atoms with E-state index in [0.29, 0.717) is 0 Å². The van der Waals surface area contributed by atoms with E-state index in [0.717, 1.165) is 77.6 Å². The fourth-order valence-electron chi connectivity index (χ4n) is 7.49. The highest BCUT2D eigenvalue weighted by Crippen LogP contribution is 2.46. The predicted octanol–water partition coefficient (Wildman–Crippen LogP) is 14.0. The SMILES string of the molecule is c1ccc(-c2ccccc2-c2ccc(N(c3ccc4c(c3)oc3ccccc34)c3ccc4c(c3)oc3ccccc34)c(-c3ccccc3)c2)cc1. The second kappa shape index (κ2) is 11.9. The second-order valence-electron chi connectivity index (χ2n) is 12.9. The van der Waals surface area contributed by atoms with Gasteiger partial charge in [0.2, 0.25) is 0 Å². The number of furan rings is 2. The number of para-hydroxylation sites is 2. The van der Waals surface area contributed by atoms with Crippen LogP contribution in [0.3, 0.4) is 0 Å². The van der Waals surface area contributed by atoms with Crippen LogP contribution in [0.15, 0.2) is 197 Å². The second-order valence-corrected chi connectivity index (χ2v) is 12.9. The zero-order chi connectivity index (χ0) is 33.7. The van der Waals surface area contributed by atoms with Gasteiger partial charge in [-0.1, -0.05) is 127 Å². The van der Waals surface area contributed by atoms with Crippen LogP contribution in [0.5, 0.6) is 0 Å². The van der Waals surface area contributed by atoms with Gasteiger partial charge in [-0.2, -0.15) is 0 Å². The third-order valence-corrected chi connectivity index (χ3v) is 9.89. The van der Waals surface area contributed by atoms with Crippen LogP contribution in [-0.2, 0) is 0 Å². The summed E-state index contributed by atoms with van der Waals surface area (Å²) in [4.78, 5) is 2.33. The van der Waals surface area contributed by atoms with Gasteiger partial charge in [0.05, 0.1) is 5.69 Å². The lowest BCUT2D eigenvalue weighted by Crippen LogP contribution is -2.11. The lowest BCUT2D eigenvalue weighted by molar-refractivity contribution is 0.669. The molecule has 8 aromatic carbocycles. The first kappa shape index (κ1) is 29.1. The first-order valence-electron chi connectivity index (χ1n) is 17.3. The fourth-order valence-corrected chi connectivity index (χ4v) is 7.49. The van der Waals surface area contributed by atoms with Crippen molar-refractivity contribution in [1.29, 1.82) is 0 Å². The van der Waals surface area contributed by atoms with E-state index in [1.807, 2.05) is 24.3 Å². The Morgan fingerprint density at radius 1 is 0.294 bits per heavy atom. The predicted molar refractivity (Wildman–Crippen MR) is 212 cm³/mol. The van der Waals surface area contributed by atoms with Crippen molar-refractivity contribution in [3.8, 4) is 33.4 Å². The molecule has 2 aromatic heterocycles. The maximum atomic E-state index is 6.43. The Morgan fingerprint density at radius 3 is 1.31 bits per heavy atom. The van der Waals surface area contributed by atoms with Crippen LogP contribution in [-0.4, -0.2) is 0 Å². The summed E-state index contributed by atoms with van der Waals surface area (Å²) in [6.45, 7) is 0. The molecule has 0 aliphatic carbocycles. The van der Waals surface area contributed by atoms with E-state index in [1.165, 1.54) is 16.7 Å². The summed E-state index contributed by atoms with van der Waals surface area (Å²) in [5.41, 5.74) is 13.5. The van der Waals surface area contributed by atoms with E-state index in [4.69, 9.17) is 8.83 Å². The number of nitrogens with zero attached hydrogens (tertiary/aromatic N) is 1. The first-order valence-corrected chi connectivity index (χ1v) is 17.3. The molecule has 3 heteroatoms. The van der Waals surface area contributed by atoms with Crippen LogP contribution in [0, 0.1) is 0 Å². The van der Waals surface area contributed by atoms with Crippen molar-refractivity contribution in [2.24, 2.45) is 0 Å². The number of anilines is 3. The molecule has 0 amide bonds. The van der Waals surface area contributed by atoms with Crippen molar-refractivity contribution in [2.75, 3.05) is 4.90 Å². The highest BCUT2D eigenvalue weighted by Gasteiger charge is 2.21. The summed E-state index contributed by atoms with van der Waals surface area (Å²) in [5.74, 6) is 0. The molecule has 0 aliphatic heterocycles. The van der Waals surface area contributed by atoms with Crippen LogP contribution in [0.1, 0.15) is 0 Å². The van der Waals surface area contributed by atoms with E-state index in [-0.39, 0.29) is 0 Å². The highest BCUT2D eigenvalue weighted by molar-refractivity contribution is 6.08. The van der Waals surface area contributed by atoms with E-state index in [2.05, 4.69) is 169 Å².